The number of rotatable bonds is 8. The lowest BCUT2D eigenvalue weighted by Gasteiger charge is -2.37. The summed E-state index contributed by atoms with van der Waals surface area (Å²) in [5, 5.41) is 0. The molecule has 2 fully saturated rings. The van der Waals surface area contributed by atoms with Crippen molar-refractivity contribution in [3.8, 4) is 0 Å². The summed E-state index contributed by atoms with van der Waals surface area (Å²) in [6, 6.07) is 12.0. The van der Waals surface area contributed by atoms with Crippen LogP contribution in [0.2, 0.25) is 18.1 Å². The molecule has 1 saturated heterocycles. The van der Waals surface area contributed by atoms with Gasteiger partial charge < -0.3 is 0 Å². The molecule has 3 rings (SSSR count). The molecule has 0 N–H and O–H groups in total. The Labute approximate surface area is 162 Å². The molecule has 0 nitrogen and oxygen atoms in total. The van der Waals surface area contributed by atoms with Crippen molar-refractivity contribution in [3.63, 3.8) is 0 Å². The highest BCUT2D eigenvalue weighted by molar-refractivity contribution is 6.58. The van der Waals surface area contributed by atoms with Crippen molar-refractivity contribution in [1.82, 2.24) is 0 Å². The number of hydrogen-bond donors (Lipinski definition) is 0. The maximum Gasteiger partial charge on any atom is 0.123 e. The lowest BCUT2D eigenvalue weighted by molar-refractivity contribution is 0.184. The Morgan fingerprint density at radius 2 is 1.54 bits per heavy atom. The summed E-state index contributed by atoms with van der Waals surface area (Å²) in [7, 11) is -0.300. The Morgan fingerprint density at radius 3 is 2.19 bits per heavy atom. The van der Waals surface area contributed by atoms with E-state index in [-0.39, 0.29) is 14.6 Å². The first-order valence-corrected chi connectivity index (χ1v) is 13.9. The minimum Gasteiger partial charge on any atom is -0.207 e. The highest BCUT2D eigenvalue weighted by Gasteiger charge is 2.30. The smallest absolute Gasteiger partial charge is 0.123 e. The van der Waals surface area contributed by atoms with Gasteiger partial charge in [0.1, 0.15) is 5.82 Å². The van der Waals surface area contributed by atoms with Gasteiger partial charge in [-0.15, -0.1) is 0 Å². The molecule has 26 heavy (non-hydrogen) atoms. The number of aryl methyl sites for hydroxylation is 1. The molecule has 0 radical (unpaired) electrons. The quantitative estimate of drug-likeness (QED) is 0.328. The summed E-state index contributed by atoms with van der Waals surface area (Å²) >= 11 is 0. The van der Waals surface area contributed by atoms with Gasteiger partial charge in [0.05, 0.1) is 0 Å². The Hall–Kier alpha value is -0.633. The summed E-state index contributed by atoms with van der Waals surface area (Å²) in [4.78, 5) is 0. The molecule has 0 bridgehead atoms. The third-order valence-corrected chi connectivity index (χ3v) is 11.1. The molecule has 1 aliphatic heterocycles. The predicted octanol–water partition coefficient (Wildman–Crippen LogP) is 7.39. The van der Waals surface area contributed by atoms with Crippen LogP contribution in [0.4, 0.5) is 4.39 Å². The van der Waals surface area contributed by atoms with Crippen molar-refractivity contribution in [3.05, 3.63) is 35.6 Å². The molecule has 1 aromatic carbocycles. The molecule has 1 aromatic rings. The lowest BCUT2D eigenvalue weighted by atomic mass is 9.73. The van der Waals surface area contributed by atoms with Crippen LogP contribution in [0.5, 0.6) is 0 Å². The molecule has 1 aliphatic carbocycles. The predicted molar refractivity (Wildman–Crippen MR) is 114 cm³/mol. The third kappa shape index (κ3) is 6.22. The molecule has 2 aliphatic rings. The van der Waals surface area contributed by atoms with E-state index in [1.165, 1.54) is 56.9 Å². The van der Waals surface area contributed by atoms with Crippen molar-refractivity contribution >= 4 is 8.80 Å². The SMILES string of the molecule is CCC[SiH]1CCC([C@H]2CC[C@H](CCCCc3ccc(F)cc3)CC2)CC1. The fourth-order valence-corrected chi connectivity index (χ4v) is 9.20. The first kappa shape index (κ1) is 20.1. The van der Waals surface area contributed by atoms with Crippen molar-refractivity contribution in [2.75, 3.05) is 0 Å². The summed E-state index contributed by atoms with van der Waals surface area (Å²) in [6.07, 6.45) is 15.8. The van der Waals surface area contributed by atoms with Gasteiger partial charge in [0.15, 0.2) is 0 Å². The molecular formula is C24H39FSi. The van der Waals surface area contributed by atoms with E-state index in [4.69, 9.17) is 0 Å². The second kappa shape index (κ2) is 10.6. The van der Waals surface area contributed by atoms with Gasteiger partial charge in [-0.1, -0.05) is 82.1 Å². The van der Waals surface area contributed by atoms with Crippen LogP contribution in [0, 0.1) is 23.6 Å². The van der Waals surface area contributed by atoms with Crippen molar-refractivity contribution in [2.45, 2.75) is 95.7 Å². The molecule has 0 amide bonds. The van der Waals surface area contributed by atoms with Gasteiger partial charge in [-0.2, -0.15) is 0 Å². The molecule has 0 atom stereocenters. The zero-order chi connectivity index (χ0) is 18.2. The maximum absolute atomic E-state index is 12.9. The van der Waals surface area contributed by atoms with Crippen LogP contribution in [-0.4, -0.2) is 8.80 Å². The van der Waals surface area contributed by atoms with Crippen molar-refractivity contribution in [2.24, 2.45) is 17.8 Å². The normalized spacial score (nSPS) is 29.6. The van der Waals surface area contributed by atoms with Crippen LogP contribution in [-0.2, 0) is 6.42 Å². The Kier molecular flexibility index (Phi) is 8.23. The molecule has 0 unspecified atom stereocenters. The van der Waals surface area contributed by atoms with Gasteiger partial charge in [-0.05, 0) is 61.1 Å². The van der Waals surface area contributed by atoms with E-state index in [0.717, 1.165) is 24.2 Å². The molecule has 1 saturated carbocycles. The van der Waals surface area contributed by atoms with Crippen LogP contribution >= 0.6 is 0 Å². The molecule has 146 valence electrons. The zero-order valence-electron chi connectivity index (χ0n) is 16.9. The highest BCUT2D eigenvalue weighted by Crippen LogP contribution is 2.41. The second-order valence-corrected chi connectivity index (χ2v) is 12.7. The summed E-state index contributed by atoms with van der Waals surface area (Å²) < 4.78 is 12.9. The number of unbranched alkanes of at least 4 members (excludes halogenated alkanes) is 1. The standard InChI is InChI=1S/C24H39FSi/c1-2-17-26-18-15-23(16-19-26)22-11-7-20(8-12-22)5-3-4-6-21-9-13-24(25)14-10-21/h9-10,13-14,20,22-23,26H,2-8,11-12,15-19H2,1H3/t20-,22-,23?,26?. The minimum absolute atomic E-state index is 0.119. The fraction of sp³-hybridized carbons (Fsp3) is 0.750. The van der Waals surface area contributed by atoms with Crippen molar-refractivity contribution < 1.29 is 4.39 Å². The van der Waals surface area contributed by atoms with Gasteiger partial charge in [-0.3, -0.25) is 0 Å². The van der Waals surface area contributed by atoms with Crippen molar-refractivity contribution in [1.29, 1.82) is 0 Å². The van der Waals surface area contributed by atoms with E-state index >= 15 is 0 Å². The van der Waals surface area contributed by atoms with Crippen LogP contribution in [0.15, 0.2) is 24.3 Å². The molecular weight excluding hydrogens is 335 g/mol. The van der Waals surface area contributed by atoms with E-state index in [2.05, 4.69) is 6.92 Å². The number of benzene rings is 1. The molecule has 2 heteroatoms. The summed E-state index contributed by atoms with van der Waals surface area (Å²) in [5.41, 5.74) is 1.29. The monoisotopic (exact) mass is 374 g/mol. The van der Waals surface area contributed by atoms with E-state index in [1.807, 2.05) is 12.1 Å². The Balaban J connectivity index is 1.27. The van der Waals surface area contributed by atoms with E-state index in [9.17, 15) is 4.39 Å². The van der Waals surface area contributed by atoms with Crippen LogP contribution in [0.1, 0.15) is 76.7 Å². The average Bonchev–Trinajstić information content (AvgIpc) is 2.68. The summed E-state index contributed by atoms with van der Waals surface area (Å²) in [5.74, 6) is 3.04. The van der Waals surface area contributed by atoms with Crippen LogP contribution in [0.25, 0.3) is 0 Å². The molecule has 0 spiro atoms. The first-order valence-electron chi connectivity index (χ1n) is 11.5. The van der Waals surface area contributed by atoms with Gasteiger partial charge in [0.25, 0.3) is 0 Å². The Bertz CT molecular complexity index is 495. The van der Waals surface area contributed by atoms with E-state index in [0.29, 0.717) is 0 Å². The van der Waals surface area contributed by atoms with Gasteiger partial charge in [-0.25, -0.2) is 4.39 Å². The Morgan fingerprint density at radius 1 is 0.885 bits per heavy atom. The maximum atomic E-state index is 12.9. The van der Waals surface area contributed by atoms with Gasteiger partial charge in [0, 0.05) is 8.80 Å². The largest absolute Gasteiger partial charge is 0.207 e. The van der Waals surface area contributed by atoms with Crippen LogP contribution < -0.4 is 0 Å². The van der Waals surface area contributed by atoms with E-state index < -0.39 is 0 Å². The number of halogens is 1. The minimum atomic E-state index is -0.300. The van der Waals surface area contributed by atoms with Gasteiger partial charge >= 0.3 is 0 Å². The lowest BCUT2D eigenvalue weighted by Crippen LogP contribution is -2.28. The second-order valence-electron chi connectivity index (χ2n) is 9.22. The zero-order valence-corrected chi connectivity index (χ0v) is 18.1. The average molecular weight is 375 g/mol. The first-order chi connectivity index (χ1) is 12.7. The highest BCUT2D eigenvalue weighted by atomic mass is 28.3. The summed E-state index contributed by atoms with van der Waals surface area (Å²) in [6.45, 7) is 2.38. The molecule has 0 aromatic heterocycles. The molecule has 1 heterocycles. The number of hydrogen-bond acceptors (Lipinski definition) is 0. The van der Waals surface area contributed by atoms with E-state index in [1.54, 1.807) is 43.1 Å². The van der Waals surface area contributed by atoms with Crippen LogP contribution in [0.3, 0.4) is 0 Å². The fourth-order valence-electron chi connectivity index (χ4n) is 5.72. The third-order valence-electron chi connectivity index (χ3n) is 7.39. The topological polar surface area (TPSA) is 0 Å². The van der Waals surface area contributed by atoms with Gasteiger partial charge in [0.2, 0.25) is 0 Å².